The molecule has 2 rings (SSSR count). The van der Waals surface area contributed by atoms with E-state index in [9.17, 15) is 0 Å². The standard InChI is InChI=1S/C13H10N2O3/c1-2-16-11-5-13-12(17-8-18-13)4-10(11)3-9(6-14)7-15/h3-5H,2,8H2,1H3. The fraction of sp³-hybridized carbons (Fsp3) is 0.231. The zero-order valence-electron chi connectivity index (χ0n) is 9.77. The van der Waals surface area contributed by atoms with Crippen LogP contribution in [-0.2, 0) is 0 Å². The van der Waals surface area contributed by atoms with E-state index in [-0.39, 0.29) is 12.4 Å². The van der Waals surface area contributed by atoms with Gasteiger partial charge >= 0.3 is 0 Å². The van der Waals surface area contributed by atoms with Gasteiger partial charge in [0, 0.05) is 11.6 Å². The van der Waals surface area contributed by atoms with Crippen LogP contribution in [0.4, 0.5) is 0 Å². The molecule has 0 fully saturated rings. The van der Waals surface area contributed by atoms with Crippen LogP contribution < -0.4 is 14.2 Å². The van der Waals surface area contributed by atoms with Crippen molar-refractivity contribution in [3.05, 3.63) is 23.3 Å². The summed E-state index contributed by atoms with van der Waals surface area (Å²) in [7, 11) is 0. The van der Waals surface area contributed by atoms with Gasteiger partial charge in [0.05, 0.1) is 6.61 Å². The van der Waals surface area contributed by atoms with Gasteiger partial charge < -0.3 is 14.2 Å². The molecule has 0 N–H and O–H groups in total. The van der Waals surface area contributed by atoms with Crippen molar-refractivity contribution in [1.29, 1.82) is 10.5 Å². The fourth-order valence-corrected chi connectivity index (χ4v) is 1.58. The van der Waals surface area contributed by atoms with Crippen molar-refractivity contribution in [2.45, 2.75) is 6.92 Å². The van der Waals surface area contributed by atoms with E-state index in [1.807, 2.05) is 19.1 Å². The number of hydrogen-bond acceptors (Lipinski definition) is 5. The molecule has 5 nitrogen and oxygen atoms in total. The number of ether oxygens (including phenoxy) is 3. The molecule has 0 spiro atoms. The Morgan fingerprint density at radius 3 is 2.61 bits per heavy atom. The topological polar surface area (TPSA) is 75.3 Å². The minimum atomic E-state index is 0.00909. The van der Waals surface area contributed by atoms with Gasteiger partial charge in [-0.1, -0.05) is 0 Å². The molecule has 18 heavy (non-hydrogen) atoms. The van der Waals surface area contributed by atoms with Gasteiger partial charge in [-0.05, 0) is 19.1 Å². The van der Waals surface area contributed by atoms with Crippen LogP contribution in [0.25, 0.3) is 6.08 Å². The molecule has 0 amide bonds. The molecule has 0 aliphatic carbocycles. The summed E-state index contributed by atoms with van der Waals surface area (Å²) < 4.78 is 15.9. The molecule has 0 saturated carbocycles. The lowest BCUT2D eigenvalue weighted by Gasteiger charge is -2.08. The lowest BCUT2D eigenvalue weighted by atomic mass is 10.1. The first-order chi connectivity index (χ1) is 8.78. The summed E-state index contributed by atoms with van der Waals surface area (Å²) in [6.45, 7) is 2.50. The number of nitrogens with zero attached hydrogens (tertiary/aromatic N) is 2. The van der Waals surface area contributed by atoms with Gasteiger partial charge in [-0.15, -0.1) is 0 Å². The number of allylic oxidation sites excluding steroid dienone is 1. The maximum Gasteiger partial charge on any atom is 0.231 e. The fourth-order valence-electron chi connectivity index (χ4n) is 1.58. The molecule has 0 aromatic heterocycles. The summed E-state index contributed by atoms with van der Waals surface area (Å²) in [5.74, 6) is 1.75. The number of nitriles is 2. The van der Waals surface area contributed by atoms with Crippen LogP contribution in [0, 0.1) is 22.7 Å². The minimum Gasteiger partial charge on any atom is -0.493 e. The smallest absolute Gasteiger partial charge is 0.231 e. The Hall–Kier alpha value is -2.66. The monoisotopic (exact) mass is 242 g/mol. The van der Waals surface area contributed by atoms with Crippen LogP contribution >= 0.6 is 0 Å². The summed E-state index contributed by atoms with van der Waals surface area (Å²) in [5, 5.41) is 17.5. The van der Waals surface area contributed by atoms with Gasteiger partial charge in [-0.2, -0.15) is 10.5 Å². The van der Waals surface area contributed by atoms with Crippen molar-refractivity contribution >= 4 is 6.08 Å². The van der Waals surface area contributed by atoms with Crippen LogP contribution in [0.2, 0.25) is 0 Å². The second kappa shape index (κ2) is 5.11. The Labute approximate surface area is 104 Å². The highest BCUT2D eigenvalue weighted by Gasteiger charge is 2.17. The minimum absolute atomic E-state index is 0.00909. The molecular weight excluding hydrogens is 232 g/mol. The Bertz CT molecular complexity index is 563. The van der Waals surface area contributed by atoms with Gasteiger partial charge in [0.15, 0.2) is 11.5 Å². The van der Waals surface area contributed by atoms with E-state index in [2.05, 4.69) is 0 Å². The molecule has 0 bridgehead atoms. The maximum absolute atomic E-state index is 8.76. The van der Waals surface area contributed by atoms with E-state index < -0.39 is 0 Å². The highest BCUT2D eigenvalue weighted by molar-refractivity contribution is 5.69. The van der Waals surface area contributed by atoms with Crippen molar-refractivity contribution in [3.8, 4) is 29.4 Å². The Morgan fingerprint density at radius 2 is 2.00 bits per heavy atom. The van der Waals surface area contributed by atoms with Crippen molar-refractivity contribution in [2.75, 3.05) is 13.4 Å². The van der Waals surface area contributed by atoms with Crippen LogP contribution in [-0.4, -0.2) is 13.4 Å². The van der Waals surface area contributed by atoms with Crippen molar-refractivity contribution in [2.24, 2.45) is 0 Å². The molecule has 0 unspecified atom stereocenters. The van der Waals surface area contributed by atoms with E-state index in [4.69, 9.17) is 24.7 Å². The Morgan fingerprint density at radius 1 is 1.33 bits per heavy atom. The van der Waals surface area contributed by atoms with Gasteiger partial charge in [-0.3, -0.25) is 0 Å². The molecule has 1 aliphatic rings. The molecule has 0 saturated heterocycles. The molecule has 1 heterocycles. The van der Waals surface area contributed by atoms with Crippen LogP contribution in [0.15, 0.2) is 17.7 Å². The number of hydrogen-bond donors (Lipinski definition) is 0. The first-order valence-electron chi connectivity index (χ1n) is 5.36. The van der Waals surface area contributed by atoms with Crippen LogP contribution in [0.1, 0.15) is 12.5 Å². The molecule has 5 heteroatoms. The molecule has 1 aromatic rings. The molecule has 0 atom stereocenters. The van der Waals surface area contributed by atoms with Crippen LogP contribution in [0.3, 0.4) is 0 Å². The molecule has 1 aromatic carbocycles. The third-order valence-electron chi connectivity index (χ3n) is 2.35. The molecular formula is C13H10N2O3. The highest BCUT2D eigenvalue weighted by Crippen LogP contribution is 2.38. The zero-order chi connectivity index (χ0) is 13.0. The SMILES string of the molecule is CCOc1cc2c(cc1C=C(C#N)C#N)OCO2. The van der Waals surface area contributed by atoms with Gasteiger partial charge in [-0.25, -0.2) is 0 Å². The highest BCUT2D eigenvalue weighted by atomic mass is 16.7. The summed E-state index contributed by atoms with van der Waals surface area (Å²) in [6, 6.07) is 7.01. The average molecular weight is 242 g/mol. The molecule has 0 radical (unpaired) electrons. The predicted octanol–water partition coefficient (Wildman–Crippen LogP) is 2.24. The van der Waals surface area contributed by atoms with E-state index in [1.54, 1.807) is 12.1 Å². The Balaban J connectivity index is 2.49. The largest absolute Gasteiger partial charge is 0.493 e. The number of benzene rings is 1. The second-order valence-electron chi connectivity index (χ2n) is 3.46. The average Bonchev–Trinajstić information content (AvgIpc) is 2.83. The number of fused-ring (bicyclic) bond motifs is 1. The van der Waals surface area contributed by atoms with Gasteiger partial charge in [0.25, 0.3) is 0 Å². The molecule has 90 valence electrons. The quantitative estimate of drug-likeness (QED) is 0.760. The van der Waals surface area contributed by atoms with Crippen molar-refractivity contribution < 1.29 is 14.2 Å². The lowest BCUT2D eigenvalue weighted by molar-refractivity contribution is 0.174. The van der Waals surface area contributed by atoms with E-state index in [1.165, 1.54) is 6.08 Å². The van der Waals surface area contributed by atoms with Crippen molar-refractivity contribution in [1.82, 2.24) is 0 Å². The van der Waals surface area contributed by atoms with E-state index in [0.717, 1.165) is 0 Å². The zero-order valence-corrected chi connectivity index (χ0v) is 9.77. The van der Waals surface area contributed by atoms with Gasteiger partial charge in [0.1, 0.15) is 23.5 Å². The summed E-state index contributed by atoms with van der Waals surface area (Å²) in [5.41, 5.74) is 0.633. The summed E-state index contributed by atoms with van der Waals surface area (Å²) >= 11 is 0. The van der Waals surface area contributed by atoms with Crippen molar-refractivity contribution in [3.63, 3.8) is 0 Å². The third kappa shape index (κ3) is 2.21. The van der Waals surface area contributed by atoms with E-state index in [0.29, 0.717) is 29.4 Å². The normalized spacial score (nSPS) is 11.3. The first-order valence-corrected chi connectivity index (χ1v) is 5.36. The Kier molecular flexibility index (Phi) is 3.36. The van der Waals surface area contributed by atoms with E-state index >= 15 is 0 Å². The number of rotatable bonds is 3. The summed E-state index contributed by atoms with van der Waals surface area (Å²) in [4.78, 5) is 0. The predicted molar refractivity (Wildman–Crippen MR) is 62.9 cm³/mol. The first kappa shape index (κ1) is 11.8. The maximum atomic E-state index is 8.76. The third-order valence-corrected chi connectivity index (χ3v) is 2.35. The van der Waals surface area contributed by atoms with Crippen LogP contribution in [0.5, 0.6) is 17.2 Å². The van der Waals surface area contributed by atoms with Gasteiger partial charge in [0.2, 0.25) is 6.79 Å². The second-order valence-corrected chi connectivity index (χ2v) is 3.46. The molecule has 1 aliphatic heterocycles. The lowest BCUT2D eigenvalue weighted by Crippen LogP contribution is -1.94. The summed E-state index contributed by atoms with van der Waals surface area (Å²) in [6.07, 6.45) is 1.47.